The summed E-state index contributed by atoms with van der Waals surface area (Å²) >= 11 is 0. The van der Waals surface area contributed by atoms with E-state index in [0.29, 0.717) is 0 Å². The summed E-state index contributed by atoms with van der Waals surface area (Å²) < 4.78 is 0. The van der Waals surface area contributed by atoms with E-state index in [2.05, 4.69) is 59.2 Å². The highest BCUT2D eigenvalue weighted by Gasteiger charge is 2.56. The van der Waals surface area contributed by atoms with E-state index >= 15 is 0 Å². The number of carbonyl (C=O) groups is 2. The molecule has 0 radical (unpaired) electrons. The maximum absolute atomic E-state index is 14.2. The zero-order chi connectivity index (χ0) is 26.6. The number of hydrogen-bond donors (Lipinski definition) is 2. The van der Waals surface area contributed by atoms with Crippen LogP contribution in [0.15, 0.2) is 48.5 Å². The normalized spacial score (nSPS) is 38.7. The molecule has 8 saturated carbocycles. The summed E-state index contributed by atoms with van der Waals surface area (Å²) in [6, 6.07) is 16.7. The van der Waals surface area contributed by atoms with Gasteiger partial charge in [-0.15, -0.1) is 0 Å². The van der Waals surface area contributed by atoms with Crippen molar-refractivity contribution in [1.82, 2.24) is 0 Å². The standard InChI is InChI=1S/C36H40N2O2/c39-33(35-15-21-9-22(16-35)11-23(10-21)17-35)37-31-27-5-1-2-6-28(27)32(30-8-4-3-7-29(30)31)38-34(40)36-18-24-12-25(19-36)14-26(13-24)20-36/h1-8,21-26H,9-20H2,(H,37,39)(H,38,40). The van der Waals surface area contributed by atoms with Gasteiger partial charge in [0, 0.05) is 21.5 Å². The number of rotatable bonds is 4. The van der Waals surface area contributed by atoms with Crippen molar-refractivity contribution in [3.63, 3.8) is 0 Å². The molecule has 8 aliphatic carbocycles. The molecule has 0 heterocycles. The van der Waals surface area contributed by atoms with Gasteiger partial charge in [-0.05, 0) is 113 Å². The van der Waals surface area contributed by atoms with Crippen LogP contribution in [0, 0.1) is 46.3 Å². The molecule has 0 saturated heterocycles. The predicted octanol–water partition coefficient (Wildman–Crippen LogP) is 8.30. The topological polar surface area (TPSA) is 58.2 Å². The third-order valence-corrected chi connectivity index (χ3v) is 12.4. The number of nitrogens with one attached hydrogen (secondary N) is 2. The quantitative estimate of drug-likeness (QED) is 0.262. The minimum absolute atomic E-state index is 0.206. The Morgan fingerprint density at radius 2 is 0.725 bits per heavy atom. The molecule has 2 amide bonds. The lowest BCUT2D eigenvalue weighted by molar-refractivity contribution is -0.141. The maximum atomic E-state index is 14.2. The van der Waals surface area contributed by atoms with Gasteiger partial charge in [-0.1, -0.05) is 48.5 Å². The van der Waals surface area contributed by atoms with Crippen molar-refractivity contribution >= 4 is 44.7 Å². The summed E-state index contributed by atoms with van der Waals surface area (Å²) in [6.07, 6.45) is 14.3. The number of benzene rings is 3. The molecule has 40 heavy (non-hydrogen) atoms. The van der Waals surface area contributed by atoms with E-state index < -0.39 is 0 Å². The van der Waals surface area contributed by atoms with E-state index in [1.165, 1.54) is 38.5 Å². The van der Waals surface area contributed by atoms with Crippen LogP contribution in [0.5, 0.6) is 0 Å². The van der Waals surface area contributed by atoms with E-state index in [0.717, 1.165) is 107 Å². The van der Waals surface area contributed by atoms with E-state index in [4.69, 9.17) is 0 Å². The molecular weight excluding hydrogens is 492 g/mol. The van der Waals surface area contributed by atoms with Crippen molar-refractivity contribution in [2.75, 3.05) is 10.6 Å². The highest BCUT2D eigenvalue weighted by molar-refractivity contribution is 6.24. The van der Waals surface area contributed by atoms with Crippen LogP contribution in [0.3, 0.4) is 0 Å². The minimum Gasteiger partial charge on any atom is -0.324 e. The second kappa shape index (κ2) is 8.33. The zero-order valence-electron chi connectivity index (χ0n) is 23.4. The van der Waals surface area contributed by atoms with Crippen molar-refractivity contribution < 1.29 is 9.59 Å². The van der Waals surface area contributed by atoms with Crippen LogP contribution in [-0.4, -0.2) is 11.8 Å². The third kappa shape index (κ3) is 3.43. The molecule has 4 nitrogen and oxygen atoms in total. The molecule has 11 rings (SSSR count). The van der Waals surface area contributed by atoms with Gasteiger partial charge in [-0.25, -0.2) is 0 Å². The van der Waals surface area contributed by atoms with Gasteiger partial charge < -0.3 is 10.6 Å². The number of hydrogen-bond acceptors (Lipinski definition) is 2. The van der Waals surface area contributed by atoms with Crippen molar-refractivity contribution in [3.8, 4) is 0 Å². The zero-order valence-corrected chi connectivity index (χ0v) is 23.4. The van der Waals surface area contributed by atoms with Gasteiger partial charge in [0.05, 0.1) is 22.2 Å². The van der Waals surface area contributed by atoms with Gasteiger partial charge in [-0.2, -0.15) is 0 Å². The highest BCUT2D eigenvalue weighted by atomic mass is 16.2. The van der Waals surface area contributed by atoms with Crippen LogP contribution in [0.25, 0.3) is 21.5 Å². The first kappa shape index (κ1) is 23.8. The molecule has 4 heteroatoms. The summed E-state index contributed by atoms with van der Waals surface area (Å²) in [4.78, 5) is 28.4. The van der Waals surface area contributed by atoms with Crippen molar-refractivity contribution in [2.24, 2.45) is 46.3 Å². The molecule has 0 spiro atoms. The largest absolute Gasteiger partial charge is 0.324 e. The Kier molecular flexibility index (Phi) is 4.96. The summed E-state index contributed by atoms with van der Waals surface area (Å²) in [5, 5.41) is 11.2. The van der Waals surface area contributed by atoms with Crippen LogP contribution in [-0.2, 0) is 9.59 Å². The smallest absolute Gasteiger partial charge is 0.230 e. The Hall–Kier alpha value is -2.88. The molecule has 0 unspecified atom stereocenters. The molecule has 8 fully saturated rings. The third-order valence-electron chi connectivity index (χ3n) is 12.4. The first-order valence-corrected chi connectivity index (χ1v) is 16.0. The molecule has 3 aromatic carbocycles. The molecule has 8 bridgehead atoms. The van der Waals surface area contributed by atoms with Crippen molar-refractivity contribution in [3.05, 3.63) is 48.5 Å². The first-order chi connectivity index (χ1) is 19.5. The van der Waals surface area contributed by atoms with E-state index in [1.807, 2.05) is 0 Å². The fraction of sp³-hybridized carbons (Fsp3) is 0.556. The van der Waals surface area contributed by atoms with Crippen LogP contribution >= 0.6 is 0 Å². The Morgan fingerprint density at radius 3 is 0.975 bits per heavy atom. The van der Waals surface area contributed by atoms with E-state index in [1.54, 1.807) is 0 Å². The molecular formula is C36H40N2O2. The predicted molar refractivity (Wildman–Crippen MR) is 160 cm³/mol. The van der Waals surface area contributed by atoms with Crippen LogP contribution < -0.4 is 10.6 Å². The number of fused-ring (bicyclic) bond motifs is 2. The second-order valence-electron chi connectivity index (χ2n) is 15.1. The summed E-state index contributed by atoms with van der Waals surface area (Å²) in [7, 11) is 0. The van der Waals surface area contributed by atoms with Crippen molar-refractivity contribution in [1.29, 1.82) is 0 Å². The second-order valence-corrected chi connectivity index (χ2v) is 15.1. The lowest BCUT2D eigenvalue weighted by atomic mass is 9.49. The van der Waals surface area contributed by atoms with Crippen LogP contribution in [0.1, 0.15) is 77.0 Å². The average molecular weight is 533 g/mol. The van der Waals surface area contributed by atoms with Gasteiger partial charge in [-0.3, -0.25) is 9.59 Å². The number of anilines is 2. The Bertz CT molecular complexity index is 1330. The Labute approximate surface area is 236 Å². The van der Waals surface area contributed by atoms with Gasteiger partial charge in [0.15, 0.2) is 0 Å². The number of carbonyl (C=O) groups excluding carboxylic acids is 2. The SMILES string of the molecule is O=C(Nc1c2ccccc2c(NC(=O)C23CC4CC(CC(C4)C2)C3)c2ccccc12)C12CC3CC(CC(C3)C1)C2. The van der Waals surface area contributed by atoms with E-state index in [-0.39, 0.29) is 22.6 Å². The van der Waals surface area contributed by atoms with Gasteiger partial charge in [0.2, 0.25) is 11.8 Å². The van der Waals surface area contributed by atoms with Gasteiger partial charge in [0.25, 0.3) is 0 Å². The highest BCUT2D eigenvalue weighted by Crippen LogP contribution is 2.62. The van der Waals surface area contributed by atoms with Crippen LogP contribution in [0.4, 0.5) is 11.4 Å². The first-order valence-electron chi connectivity index (χ1n) is 16.0. The molecule has 206 valence electrons. The maximum Gasteiger partial charge on any atom is 0.230 e. The number of amides is 2. The summed E-state index contributed by atoms with van der Waals surface area (Å²) in [6.45, 7) is 0. The molecule has 8 aliphatic rings. The van der Waals surface area contributed by atoms with Gasteiger partial charge >= 0.3 is 0 Å². The molecule has 3 aromatic rings. The average Bonchev–Trinajstić information content (AvgIpc) is 2.93. The summed E-state index contributed by atoms with van der Waals surface area (Å²) in [5.74, 6) is 4.83. The fourth-order valence-electron chi connectivity index (χ4n) is 11.7. The van der Waals surface area contributed by atoms with Gasteiger partial charge in [0.1, 0.15) is 0 Å². The molecule has 0 aromatic heterocycles. The summed E-state index contributed by atoms with van der Waals surface area (Å²) in [5.41, 5.74) is 1.42. The fourth-order valence-corrected chi connectivity index (χ4v) is 11.7. The Balaban J connectivity index is 1.11. The Morgan fingerprint density at radius 1 is 0.475 bits per heavy atom. The lowest BCUT2D eigenvalue weighted by Gasteiger charge is -2.55. The lowest BCUT2D eigenvalue weighted by Crippen LogP contribution is -2.52. The minimum atomic E-state index is -0.206. The van der Waals surface area contributed by atoms with Crippen LogP contribution in [0.2, 0.25) is 0 Å². The molecule has 2 N–H and O–H groups in total. The monoisotopic (exact) mass is 532 g/mol. The van der Waals surface area contributed by atoms with E-state index in [9.17, 15) is 9.59 Å². The molecule has 0 aliphatic heterocycles. The van der Waals surface area contributed by atoms with Crippen molar-refractivity contribution in [2.45, 2.75) is 77.0 Å². The molecule has 0 atom stereocenters.